The summed E-state index contributed by atoms with van der Waals surface area (Å²) in [6.07, 6.45) is -0.384. The molecule has 0 aliphatic heterocycles. The van der Waals surface area contributed by atoms with Crippen LogP contribution in [-0.4, -0.2) is 30.8 Å². The number of amides is 1. The highest BCUT2D eigenvalue weighted by Crippen LogP contribution is 2.12. The second-order valence-corrected chi connectivity index (χ2v) is 4.00. The summed E-state index contributed by atoms with van der Waals surface area (Å²) in [6.45, 7) is 2.47. The third-order valence-corrected chi connectivity index (χ3v) is 2.51. The Balaban J connectivity index is 2.47. The molecule has 94 valence electrons. The van der Waals surface area contributed by atoms with Gasteiger partial charge >= 0.3 is 0 Å². The van der Waals surface area contributed by atoms with Crippen LogP contribution in [0, 0.1) is 0 Å². The van der Waals surface area contributed by atoms with E-state index in [0.717, 1.165) is 6.42 Å². The van der Waals surface area contributed by atoms with Crippen molar-refractivity contribution in [2.24, 2.45) is 0 Å². The standard InChI is InChI=1S/C13H19NO3/c1-10(8-9-17-2)14-13(16)12(15)11-6-4-3-5-7-11/h3-7,10,12,15H,8-9H2,1-2H3,(H,14,16). The Morgan fingerprint density at radius 3 is 2.65 bits per heavy atom. The summed E-state index contributed by atoms with van der Waals surface area (Å²) in [5, 5.41) is 12.6. The predicted octanol–water partition coefficient (Wildman–Crippen LogP) is 1.26. The van der Waals surface area contributed by atoms with E-state index >= 15 is 0 Å². The van der Waals surface area contributed by atoms with Crippen molar-refractivity contribution in [3.8, 4) is 0 Å². The molecule has 1 amide bonds. The summed E-state index contributed by atoms with van der Waals surface area (Å²) in [5.41, 5.74) is 0.601. The van der Waals surface area contributed by atoms with Gasteiger partial charge in [-0.25, -0.2) is 0 Å². The molecule has 0 saturated carbocycles. The van der Waals surface area contributed by atoms with Gasteiger partial charge in [0, 0.05) is 19.8 Å². The molecule has 17 heavy (non-hydrogen) atoms. The average Bonchev–Trinajstić information content (AvgIpc) is 2.36. The Morgan fingerprint density at radius 2 is 2.06 bits per heavy atom. The lowest BCUT2D eigenvalue weighted by atomic mass is 10.1. The van der Waals surface area contributed by atoms with Crippen LogP contribution in [0.2, 0.25) is 0 Å². The fourth-order valence-electron chi connectivity index (χ4n) is 1.48. The van der Waals surface area contributed by atoms with Crippen LogP contribution >= 0.6 is 0 Å². The zero-order valence-corrected chi connectivity index (χ0v) is 10.2. The fourth-order valence-corrected chi connectivity index (χ4v) is 1.48. The van der Waals surface area contributed by atoms with Crippen LogP contribution in [0.25, 0.3) is 0 Å². The summed E-state index contributed by atoms with van der Waals surface area (Å²) in [7, 11) is 1.62. The smallest absolute Gasteiger partial charge is 0.253 e. The van der Waals surface area contributed by atoms with Crippen LogP contribution in [0.15, 0.2) is 30.3 Å². The summed E-state index contributed by atoms with van der Waals surface area (Å²) in [6, 6.07) is 8.87. The van der Waals surface area contributed by atoms with Gasteiger partial charge < -0.3 is 15.2 Å². The lowest BCUT2D eigenvalue weighted by Crippen LogP contribution is -2.36. The van der Waals surface area contributed by atoms with Gasteiger partial charge in [-0.15, -0.1) is 0 Å². The van der Waals surface area contributed by atoms with Crippen molar-refractivity contribution in [3.05, 3.63) is 35.9 Å². The van der Waals surface area contributed by atoms with Gasteiger partial charge in [0.15, 0.2) is 6.10 Å². The van der Waals surface area contributed by atoms with Crippen molar-refractivity contribution < 1.29 is 14.6 Å². The van der Waals surface area contributed by atoms with E-state index < -0.39 is 6.10 Å². The lowest BCUT2D eigenvalue weighted by Gasteiger charge is -2.16. The number of hydrogen-bond donors (Lipinski definition) is 2. The molecule has 0 saturated heterocycles. The third kappa shape index (κ3) is 4.54. The minimum Gasteiger partial charge on any atom is -0.385 e. The molecule has 0 fully saturated rings. The van der Waals surface area contributed by atoms with Crippen molar-refractivity contribution >= 4 is 5.91 Å². The normalized spacial score (nSPS) is 14.1. The van der Waals surface area contributed by atoms with E-state index in [9.17, 15) is 9.90 Å². The molecule has 0 aromatic heterocycles. The van der Waals surface area contributed by atoms with Crippen molar-refractivity contribution in [1.29, 1.82) is 0 Å². The zero-order chi connectivity index (χ0) is 12.7. The van der Waals surface area contributed by atoms with Gasteiger partial charge in [-0.3, -0.25) is 4.79 Å². The minimum atomic E-state index is -1.11. The maximum atomic E-state index is 11.7. The van der Waals surface area contributed by atoms with Crippen molar-refractivity contribution in [1.82, 2.24) is 5.32 Å². The molecule has 4 nitrogen and oxygen atoms in total. The summed E-state index contributed by atoms with van der Waals surface area (Å²) in [5.74, 6) is -0.375. The molecule has 0 aliphatic rings. The molecule has 0 heterocycles. The van der Waals surface area contributed by atoms with Crippen LogP contribution in [0.1, 0.15) is 25.0 Å². The first kappa shape index (κ1) is 13.7. The van der Waals surface area contributed by atoms with Crippen LogP contribution in [-0.2, 0) is 9.53 Å². The maximum absolute atomic E-state index is 11.7. The molecule has 2 unspecified atom stereocenters. The highest BCUT2D eigenvalue weighted by molar-refractivity contribution is 5.82. The number of rotatable bonds is 6. The number of ether oxygens (including phenoxy) is 1. The van der Waals surface area contributed by atoms with Gasteiger partial charge in [0.25, 0.3) is 5.91 Å². The van der Waals surface area contributed by atoms with E-state index in [-0.39, 0.29) is 11.9 Å². The molecular weight excluding hydrogens is 218 g/mol. The molecule has 0 spiro atoms. The number of methoxy groups -OCH3 is 1. The Hall–Kier alpha value is -1.39. The van der Waals surface area contributed by atoms with E-state index in [1.165, 1.54) is 0 Å². The van der Waals surface area contributed by atoms with Crippen LogP contribution in [0.3, 0.4) is 0 Å². The second-order valence-electron chi connectivity index (χ2n) is 4.00. The maximum Gasteiger partial charge on any atom is 0.253 e. The largest absolute Gasteiger partial charge is 0.385 e. The topological polar surface area (TPSA) is 58.6 Å². The van der Waals surface area contributed by atoms with E-state index in [1.807, 2.05) is 13.0 Å². The predicted molar refractivity (Wildman–Crippen MR) is 65.5 cm³/mol. The molecule has 2 N–H and O–H groups in total. The molecular formula is C13H19NO3. The molecule has 2 atom stereocenters. The number of carbonyl (C=O) groups is 1. The van der Waals surface area contributed by atoms with Gasteiger partial charge in [-0.05, 0) is 18.9 Å². The Morgan fingerprint density at radius 1 is 1.41 bits per heavy atom. The minimum absolute atomic E-state index is 0.0131. The SMILES string of the molecule is COCCC(C)NC(=O)C(O)c1ccccc1. The number of nitrogens with one attached hydrogen (secondary N) is 1. The van der Waals surface area contributed by atoms with E-state index in [0.29, 0.717) is 12.2 Å². The van der Waals surface area contributed by atoms with E-state index in [2.05, 4.69) is 5.32 Å². The molecule has 1 rings (SSSR count). The van der Waals surface area contributed by atoms with Gasteiger partial charge in [-0.1, -0.05) is 30.3 Å². The Labute approximate surface area is 102 Å². The molecule has 1 aromatic carbocycles. The molecule has 1 aromatic rings. The zero-order valence-electron chi connectivity index (χ0n) is 10.2. The monoisotopic (exact) mass is 237 g/mol. The van der Waals surface area contributed by atoms with E-state index in [4.69, 9.17) is 4.74 Å². The fraction of sp³-hybridized carbons (Fsp3) is 0.462. The molecule has 0 aliphatic carbocycles. The molecule has 0 bridgehead atoms. The number of benzene rings is 1. The van der Waals surface area contributed by atoms with Crippen molar-refractivity contribution in [2.75, 3.05) is 13.7 Å². The van der Waals surface area contributed by atoms with Crippen molar-refractivity contribution in [3.63, 3.8) is 0 Å². The summed E-state index contributed by atoms with van der Waals surface area (Å²) < 4.78 is 4.93. The van der Waals surface area contributed by atoms with Crippen LogP contribution in [0.5, 0.6) is 0 Å². The number of aliphatic hydroxyl groups is 1. The number of aliphatic hydroxyl groups excluding tert-OH is 1. The highest BCUT2D eigenvalue weighted by Gasteiger charge is 2.18. The summed E-state index contributed by atoms with van der Waals surface area (Å²) >= 11 is 0. The first-order valence-electron chi connectivity index (χ1n) is 5.67. The average molecular weight is 237 g/mol. The second kappa shape index (κ2) is 7.04. The van der Waals surface area contributed by atoms with E-state index in [1.54, 1.807) is 31.4 Å². The van der Waals surface area contributed by atoms with Gasteiger partial charge in [0.05, 0.1) is 0 Å². The highest BCUT2D eigenvalue weighted by atomic mass is 16.5. The van der Waals surface area contributed by atoms with Gasteiger partial charge in [0.2, 0.25) is 0 Å². The Bertz CT molecular complexity index is 340. The quantitative estimate of drug-likeness (QED) is 0.783. The molecule has 4 heteroatoms. The Kier molecular flexibility index (Phi) is 5.66. The summed E-state index contributed by atoms with van der Waals surface area (Å²) in [4.78, 5) is 11.7. The first-order chi connectivity index (χ1) is 8.15. The lowest BCUT2D eigenvalue weighted by molar-refractivity contribution is -0.130. The van der Waals surface area contributed by atoms with Crippen molar-refractivity contribution in [2.45, 2.75) is 25.5 Å². The number of carbonyl (C=O) groups excluding carboxylic acids is 1. The third-order valence-electron chi connectivity index (χ3n) is 2.51. The van der Waals surface area contributed by atoms with Gasteiger partial charge in [-0.2, -0.15) is 0 Å². The van der Waals surface area contributed by atoms with Crippen LogP contribution in [0.4, 0.5) is 0 Å². The molecule has 0 radical (unpaired) electrons. The first-order valence-corrected chi connectivity index (χ1v) is 5.67. The van der Waals surface area contributed by atoms with Gasteiger partial charge in [0.1, 0.15) is 0 Å². The van der Waals surface area contributed by atoms with Crippen LogP contribution < -0.4 is 5.32 Å². The number of hydrogen-bond acceptors (Lipinski definition) is 3.